The predicted octanol–water partition coefficient (Wildman–Crippen LogP) is 5.45. The first-order valence-corrected chi connectivity index (χ1v) is 10.3. The van der Waals surface area contributed by atoms with Crippen molar-refractivity contribution in [3.05, 3.63) is 82.6 Å². The maximum atomic E-state index is 9.49. The molecular formula is C26H21N3O. The van der Waals surface area contributed by atoms with Crippen molar-refractivity contribution >= 4 is 5.71 Å². The molecule has 4 nitrogen and oxygen atoms in total. The molecule has 2 aliphatic carbocycles. The Bertz CT molecular complexity index is 1210. The van der Waals surface area contributed by atoms with E-state index in [9.17, 15) is 10.5 Å². The standard InChI is InChI=1S/C26H21N3O/c27-16-18-4-3-6-19(12-18)20-8-9-21-14-26(25(29-17-28)23(21)13-20)10-11-30-24-7-2-1-5-22(24)15-26/h1,3-6,8-9,12-13H,2,7,10-11,14-15H2/b29-25-. The maximum Gasteiger partial charge on any atom is 0.205 e. The molecule has 2 aromatic carbocycles. The van der Waals surface area contributed by atoms with Crippen molar-refractivity contribution in [2.75, 3.05) is 6.61 Å². The lowest BCUT2D eigenvalue weighted by molar-refractivity contribution is 0.183. The SMILES string of the molecule is N#C/N=C1/c2cc(-c3cccc(C#N)c3)ccc2CC12CCOC1=C(C=CCC1)C2. The number of allylic oxidation sites excluding steroid dienone is 4. The highest BCUT2D eigenvalue weighted by Gasteiger charge is 2.45. The largest absolute Gasteiger partial charge is 0.498 e. The predicted molar refractivity (Wildman–Crippen MR) is 115 cm³/mol. The number of aliphatic imine (C=N–C) groups is 1. The van der Waals surface area contributed by atoms with E-state index in [-0.39, 0.29) is 5.41 Å². The fourth-order valence-electron chi connectivity index (χ4n) is 5.05. The van der Waals surface area contributed by atoms with E-state index in [0.717, 1.165) is 60.3 Å². The summed E-state index contributed by atoms with van der Waals surface area (Å²) >= 11 is 0. The zero-order chi connectivity index (χ0) is 20.6. The third kappa shape index (κ3) is 3.02. The topological polar surface area (TPSA) is 69.2 Å². The zero-order valence-electron chi connectivity index (χ0n) is 16.7. The molecule has 0 saturated carbocycles. The van der Waals surface area contributed by atoms with Crippen LogP contribution in [0.3, 0.4) is 0 Å². The average Bonchev–Trinajstić information content (AvgIpc) is 2.94. The summed E-state index contributed by atoms with van der Waals surface area (Å²) in [6, 6.07) is 16.2. The molecule has 0 bridgehead atoms. The highest BCUT2D eigenvalue weighted by molar-refractivity contribution is 6.10. The summed E-state index contributed by atoms with van der Waals surface area (Å²) in [5, 5.41) is 18.7. The Labute approximate surface area is 176 Å². The molecule has 30 heavy (non-hydrogen) atoms. The van der Waals surface area contributed by atoms with Gasteiger partial charge in [-0.1, -0.05) is 36.4 Å². The van der Waals surface area contributed by atoms with E-state index in [1.807, 2.05) is 24.3 Å². The van der Waals surface area contributed by atoms with Gasteiger partial charge in [-0.05, 0) is 66.1 Å². The number of ether oxygens (including phenoxy) is 1. The van der Waals surface area contributed by atoms with E-state index >= 15 is 0 Å². The molecule has 2 aromatic rings. The fraction of sp³-hybridized carbons (Fsp3) is 0.269. The highest BCUT2D eigenvalue weighted by Crippen LogP contribution is 2.48. The van der Waals surface area contributed by atoms with E-state index in [1.54, 1.807) is 0 Å². The zero-order valence-corrected chi connectivity index (χ0v) is 16.7. The third-order valence-electron chi connectivity index (χ3n) is 6.48. The van der Waals surface area contributed by atoms with Crippen LogP contribution >= 0.6 is 0 Å². The first-order chi connectivity index (χ1) is 14.7. The second-order valence-electron chi connectivity index (χ2n) is 8.25. The minimum absolute atomic E-state index is 0.204. The van der Waals surface area contributed by atoms with Gasteiger partial charge in [-0.3, -0.25) is 0 Å². The molecule has 1 unspecified atom stereocenters. The number of fused-ring (bicyclic) bond motifs is 1. The van der Waals surface area contributed by atoms with Crippen LogP contribution in [-0.4, -0.2) is 12.3 Å². The summed E-state index contributed by atoms with van der Waals surface area (Å²) in [5.41, 5.74) is 6.89. The fourth-order valence-corrected chi connectivity index (χ4v) is 5.05. The molecular weight excluding hydrogens is 370 g/mol. The van der Waals surface area contributed by atoms with Gasteiger partial charge in [0.1, 0.15) is 0 Å². The van der Waals surface area contributed by atoms with Crippen molar-refractivity contribution in [1.29, 1.82) is 10.5 Å². The van der Waals surface area contributed by atoms with E-state index in [0.29, 0.717) is 12.2 Å². The molecule has 146 valence electrons. The second kappa shape index (κ2) is 7.32. The lowest BCUT2D eigenvalue weighted by Crippen LogP contribution is -2.29. The van der Waals surface area contributed by atoms with Gasteiger partial charge in [-0.15, -0.1) is 0 Å². The van der Waals surface area contributed by atoms with Gasteiger partial charge < -0.3 is 4.74 Å². The van der Waals surface area contributed by atoms with Gasteiger partial charge in [0.15, 0.2) is 0 Å². The van der Waals surface area contributed by atoms with E-state index < -0.39 is 0 Å². The molecule has 5 rings (SSSR count). The number of benzene rings is 2. The van der Waals surface area contributed by atoms with E-state index in [2.05, 4.69) is 47.6 Å². The molecule has 0 fully saturated rings. The van der Waals surface area contributed by atoms with Crippen LogP contribution in [-0.2, 0) is 11.2 Å². The second-order valence-corrected chi connectivity index (χ2v) is 8.25. The third-order valence-corrected chi connectivity index (χ3v) is 6.48. The number of nitrogens with zero attached hydrogens (tertiary/aromatic N) is 3. The van der Waals surface area contributed by atoms with Gasteiger partial charge in [0.2, 0.25) is 6.19 Å². The number of nitriles is 2. The van der Waals surface area contributed by atoms with Crippen LogP contribution in [0.2, 0.25) is 0 Å². The van der Waals surface area contributed by atoms with Crippen LogP contribution in [0, 0.1) is 28.2 Å². The molecule has 0 saturated heterocycles. The number of hydrogen-bond donors (Lipinski definition) is 0. The molecule has 0 radical (unpaired) electrons. The van der Waals surface area contributed by atoms with Crippen molar-refractivity contribution in [1.82, 2.24) is 0 Å². The molecule has 0 aromatic heterocycles. The minimum Gasteiger partial charge on any atom is -0.498 e. The molecule has 0 N–H and O–H groups in total. The summed E-state index contributed by atoms with van der Waals surface area (Å²) in [6.07, 6.45) is 11.0. The van der Waals surface area contributed by atoms with Crippen LogP contribution < -0.4 is 0 Å². The van der Waals surface area contributed by atoms with Crippen molar-refractivity contribution in [3.63, 3.8) is 0 Å². The van der Waals surface area contributed by atoms with Gasteiger partial charge in [0.05, 0.1) is 29.7 Å². The van der Waals surface area contributed by atoms with Crippen molar-refractivity contribution in [2.24, 2.45) is 10.4 Å². The Morgan fingerprint density at radius 2 is 1.93 bits per heavy atom. The van der Waals surface area contributed by atoms with Crippen LogP contribution in [0.15, 0.2) is 70.9 Å². The normalized spacial score (nSPS) is 23.3. The summed E-state index contributed by atoms with van der Waals surface area (Å²) in [5.74, 6) is 1.11. The molecule has 1 aliphatic heterocycles. The Morgan fingerprint density at radius 3 is 2.80 bits per heavy atom. The molecule has 1 spiro atoms. The van der Waals surface area contributed by atoms with Crippen molar-refractivity contribution in [3.8, 4) is 23.4 Å². The molecule has 1 atom stereocenters. The van der Waals surface area contributed by atoms with Gasteiger partial charge in [0, 0.05) is 17.4 Å². The van der Waals surface area contributed by atoms with Gasteiger partial charge >= 0.3 is 0 Å². The first kappa shape index (κ1) is 18.4. The smallest absolute Gasteiger partial charge is 0.205 e. The van der Waals surface area contributed by atoms with E-state index in [4.69, 9.17) is 4.74 Å². The lowest BCUT2D eigenvalue weighted by Gasteiger charge is -2.28. The van der Waals surface area contributed by atoms with Gasteiger partial charge in [0.25, 0.3) is 0 Å². The maximum absolute atomic E-state index is 9.49. The minimum atomic E-state index is -0.204. The van der Waals surface area contributed by atoms with Crippen LogP contribution in [0.1, 0.15) is 42.4 Å². The van der Waals surface area contributed by atoms with Crippen molar-refractivity contribution < 1.29 is 4.74 Å². The number of hydrogen-bond acceptors (Lipinski definition) is 4. The van der Waals surface area contributed by atoms with Crippen LogP contribution in [0.5, 0.6) is 0 Å². The first-order valence-electron chi connectivity index (χ1n) is 10.3. The Morgan fingerprint density at radius 1 is 1.03 bits per heavy atom. The summed E-state index contributed by atoms with van der Waals surface area (Å²) in [6.45, 7) is 0.655. The Balaban J connectivity index is 1.59. The van der Waals surface area contributed by atoms with E-state index in [1.165, 1.54) is 11.1 Å². The number of rotatable bonds is 1. The van der Waals surface area contributed by atoms with Gasteiger partial charge in [-0.2, -0.15) is 15.5 Å². The molecule has 4 heteroatoms. The van der Waals surface area contributed by atoms with Crippen LogP contribution in [0.4, 0.5) is 0 Å². The molecule has 0 amide bonds. The Kier molecular flexibility index (Phi) is 4.49. The van der Waals surface area contributed by atoms with Crippen LogP contribution in [0.25, 0.3) is 11.1 Å². The summed E-state index contributed by atoms with van der Waals surface area (Å²) < 4.78 is 6.10. The Hall–Kier alpha value is -3.63. The molecule has 3 aliphatic rings. The highest BCUT2D eigenvalue weighted by atomic mass is 16.5. The van der Waals surface area contributed by atoms with Crippen molar-refractivity contribution in [2.45, 2.75) is 32.1 Å². The summed E-state index contributed by atoms with van der Waals surface area (Å²) in [4.78, 5) is 4.36. The lowest BCUT2D eigenvalue weighted by atomic mass is 9.74. The average molecular weight is 391 g/mol. The monoisotopic (exact) mass is 391 g/mol. The quantitative estimate of drug-likeness (QED) is 0.607. The molecule has 1 heterocycles. The summed E-state index contributed by atoms with van der Waals surface area (Å²) in [7, 11) is 0. The van der Waals surface area contributed by atoms with Gasteiger partial charge in [-0.25, -0.2) is 0 Å².